The number of pyridine rings is 1. The van der Waals surface area contributed by atoms with Crippen molar-refractivity contribution in [2.45, 2.75) is 18.8 Å². The van der Waals surface area contributed by atoms with Crippen molar-refractivity contribution < 1.29 is 9.18 Å². The maximum absolute atomic E-state index is 13.4. The predicted octanol–water partition coefficient (Wildman–Crippen LogP) is 3.74. The average Bonchev–Trinajstić information content (AvgIpc) is 3.38. The highest BCUT2D eigenvalue weighted by molar-refractivity contribution is 7.71. The van der Waals surface area contributed by atoms with Crippen molar-refractivity contribution >= 4 is 23.8 Å². The molecule has 1 fully saturated rings. The fourth-order valence-corrected chi connectivity index (χ4v) is 4.31. The second kappa shape index (κ2) is 7.49. The van der Waals surface area contributed by atoms with Crippen LogP contribution in [0.25, 0.3) is 11.3 Å². The minimum absolute atomic E-state index is 0.0984. The lowest BCUT2D eigenvalue weighted by Gasteiger charge is -2.32. The standard InChI is InChI=1S/C21H19FN6OS/c22-15-6-8-16(9-7-15)28-17(12-23-21(28)30)20(29)26-10-3-4-14(13-26)19-25-24-18-5-1-2-11-27(18)19/h1-2,5-9,11-12,14H,3-4,10,13H2,(H,23,30)/t14-/m0/s1. The monoisotopic (exact) mass is 422 g/mol. The van der Waals surface area contributed by atoms with E-state index in [4.69, 9.17) is 12.2 Å². The second-order valence-electron chi connectivity index (χ2n) is 7.37. The highest BCUT2D eigenvalue weighted by atomic mass is 32.1. The Morgan fingerprint density at radius 3 is 2.83 bits per heavy atom. The summed E-state index contributed by atoms with van der Waals surface area (Å²) < 4.78 is 17.4. The third kappa shape index (κ3) is 3.21. The molecular formula is C21H19FN6OS. The van der Waals surface area contributed by atoms with Gasteiger partial charge in [0.15, 0.2) is 10.4 Å². The molecule has 5 rings (SSSR count). The summed E-state index contributed by atoms with van der Waals surface area (Å²) in [6.07, 6.45) is 5.38. The molecule has 7 nitrogen and oxygen atoms in total. The van der Waals surface area contributed by atoms with E-state index in [9.17, 15) is 9.18 Å². The Kier molecular flexibility index (Phi) is 4.66. The molecule has 4 aromatic rings. The number of aromatic nitrogens is 5. The number of nitrogens with zero attached hydrogens (tertiary/aromatic N) is 5. The fourth-order valence-electron chi connectivity index (χ4n) is 4.05. The molecular weight excluding hydrogens is 403 g/mol. The molecule has 0 radical (unpaired) electrons. The first-order chi connectivity index (χ1) is 14.6. The summed E-state index contributed by atoms with van der Waals surface area (Å²) in [5, 5.41) is 8.62. The molecule has 3 aromatic heterocycles. The number of hydrogen-bond acceptors (Lipinski definition) is 4. The van der Waals surface area contributed by atoms with E-state index in [1.54, 1.807) is 22.9 Å². The Labute approximate surface area is 176 Å². The minimum Gasteiger partial charge on any atom is -0.337 e. The second-order valence-corrected chi connectivity index (χ2v) is 7.75. The van der Waals surface area contributed by atoms with Gasteiger partial charge in [0.25, 0.3) is 5.91 Å². The number of piperidine rings is 1. The van der Waals surface area contributed by atoms with Gasteiger partial charge in [0.05, 0.1) is 0 Å². The Balaban J connectivity index is 1.45. The van der Waals surface area contributed by atoms with Crippen LogP contribution < -0.4 is 0 Å². The molecule has 0 saturated carbocycles. The van der Waals surface area contributed by atoms with Crippen LogP contribution in [0.5, 0.6) is 0 Å². The van der Waals surface area contributed by atoms with Crippen molar-refractivity contribution in [3.8, 4) is 5.69 Å². The van der Waals surface area contributed by atoms with Crippen molar-refractivity contribution in [3.63, 3.8) is 0 Å². The number of amides is 1. The highest BCUT2D eigenvalue weighted by Crippen LogP contribution is 2.27. The number of carbonyl (C=O) groups excluding carboxylic acids is 1. The molecule has 4 heterocycles. The molecule has 1 aliphatic rings. The van der Waals surface area contributed by atoms with Gasteiger partial charge in [-0.05, 0) is 61.5 Å². The average molecular weight is 422 g/mol. The first kappa shape index (κ1) is 18.7. The molecule has 1 aliphatic heterocycles. The van der Waals surface area contributed by atoms with Crippen LogP contribution in [0, 0.1) is 10.6 Å². The van der Waals surface area contributed by atoms with Gasteiger partial charge < -0.3 is 9.88 Å². The van der Waals surface area contributed by atoms with Crippen LogP contribution in [0.1, 0.15) is 35.1 Å². The van der Waals surface area contributed by atoms with E-state index in [1.165, 1.54) is 12.1 Å². The smallest absolute Gasteiger partial charge is 0.272 e. The van der Waals surface area contributed by atoms with E-state index in [2.05, 4.69) is 15.2 Å². The molecule has 1 N–H and O–H groups in total. The van der Waals surface area contributed by atoms with Crippen LogP contribution in [0.2, 0.25) is 0 Å². The molecule has 1 aromatic carbocycles. The number of imidazole rings is 1. The largest absolute Gasteiger partial charge is 0.337 e. The summed E-state index contributed by atoms with van der Waals surface area (Å²) in [6.45, 7) is 1.21. The van der Waals surface area contributed by atoms with Crippen LogP contribution >= 0.6 is 12.2 Å². The van der Waals surface area contributed by atoms with Crippen molar-refractivity contribution in [1.82, 2.24) is 29.0 Å². The molecule has 30 heavy (non-hydrogen) atoms. The number of halogens is 1. The molecule has 0 spiro atoms. The Bertz CT molecular complexity index is 1270. The number of aromatic amines is 1. The predicted molar refractivity (Wildman–Crippen MR) is 112 cm³/mol. The molecule has 0 unspecified atom stereocenters. The van der Waals surface area contributed by atoms with E-state index in [0.717, 1.165) is 24.3 Å². The summed E-state index contributed by atoms with van der Waals surface area (Å²) in [6, 6.07) is 11.7. The van der Waals surface area contributed by atoms with Crippen LogP contribution in [0.4, 0.5) is 4.39 Å². The van der Waals surface area contributed by atoms with E-state index >= 15 is 0 Å². The van der Waals surface area contributed by atoms with Gasteiger partial charge in [-0.25, -0.2) is 4.39 Å². The summed E-state index contributed by atoms with van der Waals surface area (Å²) >= 11 is 5.37. The van der Waals surface area contributed by atoms with E-state index in [0.29, 0.717) is 29.2 Å². The Morgan fingerprint density at radius 2 is 2.00 bits per heavy atom. The number of benzene rings is 1. The van der Waals surface area contributed by atoms with Crippen molar-refractivity contribution in [1.29, 1.82) is 0 Å². The quantitative estimate of drug-likeness (QED) is 0.511. The van der Waals surface area contributed by atoms with Crippen LogP contribution in [-0.4, -0.2) is 48.0 Å². The number of likely N-dealkylation sites (tertiary alicyclic amines) is 1. The molecule has 9 heteroatoms. The zero-order valence-corrected chi connectivity index (χ0v) is 16.8. The topological polar surface area (TPSA) is 71.2 Å². The fraction of sp³-hybridized carbons (Fsp3) is 0.238. The third-order valence-electron chi connectivity index (χ3n) is 5.49. The molecule has 0 bridgehead atoms. The maximum Gasteiger partial charge on any atom is 0.272 e. The number of fused-ring (bicyclic) bond motifs is 1. The lowest BCUT2D eigenvalue weighted by Crippen LogP contribution is -2.40. The van der Waals surface area contributed by atoms with Gasteiger partial charge in [0.1, 0.15) is 17.3 Å². The van der Waals surface area contributed by atoms with E-state index in [1.807, 2.05) is 33.7 Å². The summed E-state index contributed by atoms with van der Waals surface area (Å²) in [4.78, 5) is 18.1. The van der Waals surface area contributed by atoms with Gasteiger partial charge in [-0.2, -0.15) is 0 Å². The zero-order valence-electron chi connectivity index (χ0n) is 16.0. The first-order valence-corrected chi connectivity index (χ1v) is 10.2. The van der Waals surface area contributed by atoms with Crippen LogP contribution in [0.15, 0.2) is 54.9 Å². The molecule has 1 saturated heterocycles. The van der Waals surface area contributed by atoms with Crippen LogP contribution in [0.3, 0.4) is 0 Å². The van der Waals surface area contributed by atoms with E-state index in [-0.39, 0.29) is 17.6 Å². The number of carbonyl (C=O) groups is 1. The lowest BCUT2D eigenvalue weighted by atomic mass is 9.97. The SMILES string of the molecule is O=C(c1c[nH]c(=S)n1-c1ccc(F)cc1)N1CCC[C@H](c2nnc3ccccn23)C1. The molecule has 152 valence electrons. The van der Waals surface area contributed by atoms with E-state index < -0.39 is 0 Å². The molecule has 0 aliphatic carbocycles. The Morgan fingerprint density at radius 1 is 1.17 bits per heavy atom. The minimum atomic E-state index is -0.340. The van der Waals surface area contributed by atoms with Gasteiger partial charge in [0.2, 0.25) is 0 Å². The zero-order chi connectivity index (χ0) is 20.7. The van der Waals surface area contributed by atoms with Crippen molar-refractivity contribution in [2.24, 2.45) is 0 Å². The van der Waals surface area contributed by atoms with Gasteiger partial charge >= 0.3 is 0 Å². The van der Waals surface area contributed by atoms with Crippen LogP contribution in [-0.2, 0) is 0 Å². The maximum atomic E-state index is 13.4. The summed E-state index contributed by atoms with van der Waals surface area (Å²) in [5.74, 6) is 0.507. The van der Waals surface area contributed by atoms with Crippen molar-refractivity contribution in [3.05, 3.63) is 77.0 Å². The number of rotatable bonds is 3. The third-order valence-corrected chi connectivity index (χ3v) is 5.79. The summed E-state index contributed by atoms with van der Waals surface area (Å²) in [5.41, 5.74) is 1.87. The normalized spacial score (nSPS) is 16.8. The van der Waals surface area contributed by atoms with Gasteiger partial charge in [-0.1, -0.05) is 6.07 Å². The molecule has 1 amide bonds. The molecule has 1 atom stereocenters. The number of hydrogen-bond donors (Lipinski definition) is 1. The van der Waals surface area contributed by atoms with Crippen molar-refractivity contribution in [2.75, 3.05) is 13.1 Å². The summed E-state index contributed by atoms with van der Waals surface area (Å²) in [7, 11) is 0. The van der Waals surface area contributed by atoms with Gasteiger partial charge in [-0.3, -0.25) is 13.8 Å². The first-order valence-electron chi connectivity index (χ1n) is 9.77. The number of H-pyrrole nitrogens is 1. The Hall–Kier alpha value is -3.33. The number of nitrogens with one attached hydrogen (secondary N) is 1. The highest BCUT2D eigenvalue weighted by Gasteiger charge is 2.30. The van der Waals surface area contributed by atoms with Gasteiger partial charge in [-0.15, -0.1) is 10.2 Å². The van der Waals surface area contributed by atoms with Gasteiger partial charge in [0, 0.05) is 37.1 Å². The lowest BCUT2D eigenvalue weighted by molar-refractivity contribution is 0.0696.